The fraction of sp³-hybridized carbons (Fsp3) is 0.400. The predicted molar refractivity (Wildman–Crippen MR) is 136 cm³/mol. The molecule has 2 bridgehead atoms. The van der Waals surface area contributed by atoms with Crippen LogP contribution in [-0.4, -0.2) is 40.7 Å². The van der Waals surface area contributed by atoms with E-state index in [9.17, 15) is 19.2 Å². The summed E-state index contributed by atoms with van der Waals surface area (Å²) in [7, 11) is 0. The Kier molecular flexibility index (Phi) is 5.74. The zero-order valence-electron chi connectivity index (χ0n) is 20.9. The SMILES string of the molecule is CC(C)OC(=O)c1ccc(NC(=O)[C@H](Cc2ccccc2)N2C(=O)[C@H]3[C@@H]4C=C[C@H]([C@H]5C[C@H]45)[C@@H]3C2=O)cc1. The summed E-state index contributed by atoms with van der Waals surface area (Å²) in [5, 5.41) is 2.87. The minimum atomic E-state index is -0.964. The Balaban J connectivity index is 1.26. The van der Waals surface area contributed by atoms with Crippen molar-refractivity contribution in [1.29, 1.82) is 0 Å². The normalized spacial score (nSPS) is 29.6. The minimum Gasteiger partial charge on any atom is -0.459 e. The van der Waals surface area contributed by atoms with Crippen molar-refractivity contribution in [3.05, 3.63) is 77.9 Å². The van der Waals surface area contributed by atoms with E-state index in [1.807, 2.05) is 30.3 Å². The van der Waals surface area contributed by atoms with E-state index < -0.39 is 17.9 Å². The molecule has 7 atom stereocenters. The standard InChI is InChI=1S/C30H30N2O5/c1-16(2)37-30(36)18-8-10-19(11-9-18)31-27(33)24(14-17-6-4-3-5-7-17)32-28(34)25-20-12-13-21(23-15-22(20)23)26(25)29(32)35/h3-13,16,20-26H,14-15H2,1-2H3,(H,31,33)/t20-,21-,22-,23-,24+,25+,26+/m1/s1. The molecule has 0 spiro atoms. The van der Waals surface area contributed by atoms with Crippen LogP contribution in [0.15, 0.2) is 66.7 Å². The minimum absolute atomic E-state index is 0.0972. The van der Waals surface area contributed by atoms with Crippen molar-refractivity contribution in [2.75, 3.05) is 5.32 Å². The fourth-order valence-corrected chi connectivity index (χ4v) is 6.62. The van der Waals surface area contributed by atoms with Crippen molar-refractivity contribution >= 4 is 29.4 Å². The Morgan fingerprint density at radius 3 is 2.08 bits per heavy atom. The number of amides is 3. The Morgan fingerprint density at radius 1 is 0.919 bits per heavy atom. The smallest absolute Gasteiger partial charge is 0.338 e. The van der Waals surface area contributed by atoms with E-state index in [1.165, 1.54) is 4.90 Å². The van der Waals surface area contributed by atoms with E-state index in [1.54, 1.807) is 38.1 Å². The van der Waals surface area contributed by atoms with Gasteiger partial charge >= 0.3 is 5.97 Å². The molecule has 4 aliphatic carbocycles. The summed E-state index contributed by atoms with van der Waals surface area (Å²) >= 11 is 0. The lowest BCUT2D eigenvalue weighted by Gasteiger charge is -2.37. The highest BCUT2D eigenvalue weighted by Gasteiger charge is 2.67. The molecule has 2 saturated carbocycles. The van der Waals surface area contributed by atoms with Crippen molar-refractivity contribution in [3.8, 4) is 0 Å². The molecular weight excluding hydrogens is 468 g/mol. The third kappa shape index (κ3) is 4.06. The summed E-state index contributed by atoms with van der Waals surface area (Å²) in [5.41, 5.74) is 1.72. The van der Waals surface area contributed by atoms with Crippen LogP contribution >= 0.6 is 0 Å². The summed E-state index contributed by atoms with van der Waals surface area (Å²) in [4.78, 5) is 54.5. The van der Waals surface area contributed by atoms with Crippen molar-refractivity contribution in [3.63, 3.8) is 0 Å². The number of ether oxygens (including phenoxy) is 1. The maximum atomic E-state index is 13.7. The lowest BCUT2D eigenvalue weighted by molar-refractivity contribution is -0.146. The van der Waals surface area contributed by atoms with Gasteiger partial charge in [-0.05, 0) is 73.8 Å². The number of anilines is 1. The molecule has 7 rings (SSSR count). The number of carbonyl (C=O) groups excluding carboxylic acids is 4. The molecular formula is C30H30N2O5. The van der Waals surface area contributed by atoms with E-state index in [-0.39, 0.29) is 48.0 Å². The van der Waals surface area contributed by atoms with Crippen molar-refractivity contribution in [2.24, 2.45) is 35.5 Å². The van der Waals surface area contributed by atoms with Crippen LogP contribution in [0.4, 0.5) is 5.69 Å². The molecule has 2 aromatic carbocycles. The molecule has 0 radical (unpaired) electrons. The first-order valence-electron chi connectivity index (χ1n) is 13.0. The summed E-state index contributed by atoms with van der Waals surface area (Å²) < 4.78 is 5.22. The van der Waals surface area contributed by atoms with Gasteiger partial charge in [-0.1, -0.05) is 42.5 Å². The Morgan fingerprint density at radius 2 is 1.51 bits per heavy atom. The second kappa shape index (κ2) is 8.98. The summed E-state index contributed by atoms with van der Waals surface area (Å²) in [5.74, 6) is -0.831. The number of likely N-dealkylation sites (tertiary alicyclic amines) is 1. The lowest BCUT2D eigenvalue weighted by Crippen LogP contribution is -2.49. The number of rotatable bonds is 7. The van der Waals surface area contributed by atoms with Gasteiger partial charge in [0.25, 0.3) is 0 Å². The van der Waals surface area contributed by atoms with E-state index >= 15 is 0 Å². The van der Waals surface area contributed by atoms with Gasteiger partial charge in [0, 0.05) is 12.1 Å². The van der Waals surface area contributed by atoms with Crippen LogP contribution in [0.5, 0.6) is 0 Å². The number of nitrogens with zero attached hydrogens (tertiary/aromatic N) is 1. The fourth-order valence-electron chi connectivity index (χ4n) is 6.62. The molecule has 5 aliphatic rings. The number of hydrogen-bond donors (Lipinski definition) is 1. The van der Waals surface area contributed by atoms with Gasteiger partial charge in [-0.3, -0.25) is 19.3 Å². The monoisotopic (exact) mass is 498 g/mol. The largest absolute Gasteiger partial charge is 0.459 e. The first-order chi connectivity index (χ1) is 17.8. The molecule has 7 heteroatoms. The number of benzene rings is 2. The van der Waals surface area contributed by atoms with Gasteiger partial charge in [0.15, 0.2) is 0 Å². The van der Waals surface area contributed by atoms with Crippen LogP contribution in [0.3, 0.4) is 0 Å². The highest BCUT2D eigenvalue weighted by Crippen LogP contribution is 2.65. The topological polar surface area (TPSA) is 92.8 Å². The number of nitrogens with one attached hydrogen (secondary N) is 1. The maximum Gasteiger partial charge on any atom is 0.338 e. The van der Waals surface area contributed by atoms with Crippen LogP contribution in [0, 0.1) is 35.5 Å². The van der Waals surface area contributed by atoms with Gasteiger partial charge in [0.1, 0.15) is 6.04 Å². The van der Waals surface area contributed by atoms with Gasteiger partial charge in [-0.25, -0.2) is 4.79 Å². The van der Waals surface area contributed by atoms with Crippen LogP contribution in [0.1, 0.15) is 36.2 Å². The van der Waals surface area contributed by atoms with Gasteiger partial charge in [0.2, 0.25) is 17.7 Å². The second-order valence-corrected chi connectivity index (χ2v) is 10.9. The zero-order chi connectivity index (χ0) is 25.8. The van der Waals surface area contributed by atoms with E-state index in [0.717, 1.165) is 12.0 Å². The molecule has 1 saturated heterocycles. The van der Waals surface area contributed by atoms with E-state index in [4.69, 9.17) is 4.74 Å². The third-order valence-corrected chi connectivity index (χ3v) is 8.31. The Bertz CT molecular complexity index is 1250. The molecule has 3 amide bonds. The summed E-state index contributed by atoms with van der Waals surface area (Å²) in [6, 6.07) is 14.9. The van der Waals surface area contributed by atoms with Gasteiger partial charge in [-0.15, -0.1) is 0 Å². The highest BCUT2D eigenvalue weighted by molar-refractivity contribution is 6.10. The van der Waals surface area contributed by atoms with Crippen LogP contribution in [0.2, 0.25) is 0 Å². The average Bonchev–Trinajstić information content (AvgIpc) is 3.67. The number of allylic oxidation sites excluding steroid dienone is 2. The quantitative estimate of drug-likeness (QED) is 0.356. The molecule has 3 fully saturated rings. The molecule has 1 aliphatic heterocycles. The van der Waals surface area contributed by atoms with Gasteiger partial charge in [0.05, 0.1) is 23.5 Å². The highest BCUT2D eigenvalue weighted by atomic mass is 16.5. The molecule has 2 aromatic rings. The number of imide groups is 1. The van der Waals surface area contributed by atoms with Crippen LogP contribution < -0.4 is 5.32 Å². The maximum absolute atomic E-state index is 13.7. The second-order valence-electron chi connectivity index (χ2n) is 10.9. The molecule has 190 valence electrons. The van der Waals surface area contributed by atoms with Crippen molar-refractivity contribution in [1.82, 2.24) is 4.90 Å². The van der Waals surface area contributed by atoms with E-state index in [0.29, 0.717) is 23.1 Å². The Hall–Kier alpha value is -3.74. The lowest BCUT2D eigenvalue weighted by atomic mass is 9.63. The third-order valence-electron chi connectivity index (χ3n) is 8.31. The number of hydrogen-bond acceptors (Lipinski definition) is 5. The van der Waals surface area contributed by atoms with Gasteiger partial charge < -0.3 is 10.1 Å². The first kappa shape index (κ1) is 23.6. The predicted octanol–water partition coefficient (Wildman–Crippen LogP) is 3.85. The molecule has 1 N–H and O–H groups in total. The molecule has 7 nitrogen and oxygen atoms in total. The molecule has 1 heterocycles. The zero-order valence-corrected chi connectivity index (χ0v) is 20.9. The number of carbonyl (C=O) groups is 4. The molecule has 0 unspecified atom stereocenters. The van der Waals surface area contributed by atoms with E-state index in [2.05, 4.69) is 17.5 Å². The van der Waals surface area contributed by atoms with Crippen molar-refractivity contribution in [2.45, 2.75) is 38.8 Å². The average molecular weight is 499 g/mol. The Labute approximate surface area is 215 Å². The molecule has 0 aromatic heterocycles. The molecule has 37 heavy (non-hydrogen) atoms. The number of esters is 1. The van der Waals surface area contributed by atoms with Crippen LogP contribution in [-0.2, 0) is 25.5 Å². The van der Waals surface area contributed by atoms with Crippen LogP contribution in [0.25, 0.3) is 0 Å². The first-order valence-corrected chi connectivity index (χ1v) is 13.0. The summed E-state index contributed by atoms with van der Waals surface area (Å²) in [6.45, 7) is 3.56. The van der Waals surface area contributed by atoms with Crippen molar-refractivity contribution < 1.29 is 23.9 Å². The van der Waals surface area contributed by atoms with Gasteiger partial charge in [-0.2, -0.15) is 0 Å². The summed E-state index contributed by atoms with van der Waals surface area (Å²) in [6.07, 6.45) is 5.35.